The first-order chi connectivity index (χ1) is 17.9. The van der Waals surface area contributed by atoms with Gasteiger partial charge in [-0.3, -0.25) is 4.79 Å². The number of ketones is 1. The van der Waals surface area contributed by atoms with E-state index in [1.54, 1.807) is 6.07 Å². The molecule has 0 radical (unpaired) electrons. The highest BCUT2D eigenvalue weighted by Gasteiger charge is 2.18. The van der Waals surface area contributed by atoms with Crippen LogP contribution in [-0.2, 0) is 4.74 Å². The molecule has 0 atom stereocenters. The van der Waals surface area contributed by atoms with Crippen molar-refractivity contribution in [3.05, 3.63) is 125 Å². The Morgan fingerprint density at radius 3 is 2.08 bits per heavy atom. The topological polar surface area (TPSA) is 56.3 Å². The number of hydrogen-bond donors (Lipinski definition) is 0. The molecule has 0 spiro atoms. The minimum absolute atomic E-state index is 0.221. The third-order valence-electron chi connectivity index (χ3n) is 6.50. The number of carbonyl (C=O) groups is 2. The molecule has 4 nitrogen and oxygen atoms in total. The first kappa shape index (κ1) is 24.1. The number of aromatic nitrogens is 1. The van der Waals surface area contributed by atoms with E-state index >= 15 is 0 Å². The summed E-state index contributed by atoms with van der Waals surface area (Å²) >= 11 is 0. The number of fused-ring (bicyclic) bond motifs is 1. The molecule has 5 rings (SSSR count). The first-order valence-electron chi connectivity index (χ1n) is 12.2. The molecular formula is C33H27NO3. The summed E-state index contributed by atoms with van der Waals surface area (Å²) < 4.78 is 5.54. The molecule has 182 valence electrons. The van der Waals surface area contributed by atoms with Crippen molar-refractivity contribution in [2.24, 2.45) is 0 Å². The van der Waals surface area contributed by atoms with Crippen molar-refractivity contribution in [1.29, 1.82) is 0 Å². The highest BCUT2D eigenvalue weighted by atomic mass is 16.5. The molecule has 1 aromatic heterocycles. The van der Waals surface area contributed by atoms with Crippen molar-refractivity contribution >= 4 is 22.7 Å². The fraction of sp³-hybridized carbons (Fsp3) is 0.121. The Kier molecular flexibility index (Phi) is 6.65. The molecule has 0 N–H and O–H groups in total. The molecular weight excluding hydrogens is 458 g/mol. The number of nitrogens with zero attached hydrogens (tertiary/aromatic N) is 1. The zero-order valence-electron chi connectivity index (χ0n) is 21.1. The number of carbonyl (C=O) groups excluding carboxylic acids is 2. The van der Waals surface area contributed by atoms with Gasteiger partial charge < -0.3 is 4.74 Å². The van der Waals surface area contributed by atoms with Gasteiger partial charge in [0.15, 0.2) is 6.61 Å². The molecule has 0 saturated carbocycles. The number of hydrogen-bond acceptors (Lipinski definition) is 4. The summed E-state index contributed by atoms with van der Waals surface area (Å²) in [6.45, 7) is 5.46. The van der Waals surface area contributed by atoms with Gasteiger partial charge in [-0.05, 0) is 61.7 Å². The van der Waals surface area contributed by atoms with Gasteiger partial charge in [0.25, 0.3) is 0 Å². The lowest BCUT2D eigenvalue weighted by molar-refractivity contribution is 0.0476. The lowest BCUT2D eigenvalue weighted by Crippen LogP contribution is -2.16. The highest BCUT2D eigenvalue weighted by molar-refractivity contribution is 6.06. The summed E-state index contributed by atoms with van der Waals surface area (Å²) in [6.07, 6.45) is 0. The summed E-state index contributed by atoms with van der Waals surface area (Å²) in [5.41, 5.74) is 8.31. The molecule has 1 heterocycles. The minimum atomic E-state index is -0.543. The van der Waals surface area contributed by atoms with E-state index in [0.29, 0.717) is 27.7 Å². The normalized spacial score (nSPS) is 10.9. The predicted molar refractivity (Wildman–Crippen MR) is 148 cm³/mol. The Morgan fingerprint density at radius 1 is 0.676 bits per heavy atom. The molecule has 0 amide bonds. The second kappa shape index (κ2) is 10.2. The maximum Gasteiger partial charge on any atom is 0.339 e. The van der Waals surface area contributed by atoms with Crippen LogP contribution in [-0.4, -0.2) is 23.3 Å². The molecule has 0 bridgehead atoms. The molecule has 4 aromatic carbocycles. The predicted octanol–water partition coefficient (Wildman–Crippen LogP) is 7.53. The Morgan fingerprint density at radius 2 is 1.32 bits per heavy atom. The molecule has 0 unspecified atom stereocenters. The number of ether oxygens (including phenoxy) is 1. The van der Waals surface area contributed by atoms with Gasteiger partial charge >= 0.3 is 5.97 Å². The Hall–Kier alpha value is -4.57. The summed E-state index contributed by atoms with van der Waals surface area (Å²) in [7, 11) is 0. The van der Waals surface area contributed by atoms with E-state index in [1.807, 2.05) is 99.6 Å². The highest BCUT2D eigenvalue weighted by Crippen LogP contribution is 2.28. The van der Waals surface area contributed by atoms with Crippen LogP contribution in [0.4, 0.5) is 0 Å². The molecule has 5 aromatic rings. The fourth-order valence-electron chi connectivity index (χ4n) is 4.44. The molecule has 0 aliphatic carbocycles. The number of aryl methyl sites for hydroxylation is 3. The second-order valence-electron chi connectivity index (χ2n) is 9.34. The Balaban J connectivity index is 1.46. The second-order valence-corrected chi connectivity index (χ2v) is 9.34. The zero-order chi connectivity index (χ0) is 25.9. The maximum atomic E-state index is 13.3. The van der Waals surface area contributed by atoms with E-state index in [2.05, 4.69) is 12.1 Å². The quantitative estimate of drug-likeness (QED) is 0.184. The summed E-state index contributed by atoms with van der Waals surface area (Å²) in [6, 6.07) is 31.5. The van der Waals surface area contributed by atoms with Crippen molar-refractivity contribution in [2.45, 2.75) is 20.8 Å². The van der Waals surface area contributed by atoms with Crippen molar-refractivity contribution in [3.63, 3.8) is 0 Å². The SMILES string of the molecule is Cc1ccc(C)c(C(=O)COC(=O)c2cc(-c3ccc(-c4ccccc4)cc3)nc3ccc(C)cc23)c1. The number of rotatable bonds is 6. The van der Waals surface area contributed by atoms with Crippen LogP contribution >= 0.6 is 0 Å². The standard InChI is InChI=1S/C33H27NO3/c1-21-9-11-23(3)27(17-21)32(35)20-37-33(36)29-19-31(34-30-16-10-22(2)18-28(29)30)26-14-12-25(13-15-26)24-7-5-4-6-8-24/h4-19H,20H2,1-3H3. The van der Waals surface area contributed by atoms with Gasteiger partial charge in [0.05, 0.1) is 16.8 Å². The Labute approximate surface area is 216 Å². The van der Waals surface area contributed by atoms with Gasteiger partial charge in [0.1, 0.15) is 0 Å². The van der Waals surface area contributed by atoms with Gasteiger partial charge in [-0.1, -0.05) is 83.9 Å². The van der Waals surface area contributed by atoms with Gasteiger partial charge in [-0.15, -0.1) is 0 Å². The third kappa shape index (κ3) is 5.19. The van der Waals surface area contributed by atoms with Crippen LogP contribution in [0.15, 0.2) is 97.1 Å². The molecule has 0 aliphatic heterocycles. The lowest BCUT2D eigenvalue weighted by Gasteiger charge is -2.12. The van der Waals surface area contributed by atoms with E-state index in [-0.39, 0.29) is 12.4 Å². The van der Waals surface area contributed by atoms with Gasteiger partial charge in [0, 0.05) is 16.5 Å². The summed E-state index contributed by atoms with van der Waals surface area (Å²) in [4.78, 5) is 30.9. The fourth-order valence-corrected chi connectivity index (χ4v) is 4.44. The van der Waals surface area contributed by atoms with Crippen molar-refractivity contribution in [1.82, 2.24) is 4.98 Å². The van der Waals surface area contributed by atoms with Gasteiger partial charge in [-0.2, -0.15) is 0 Å². The number of benzene rings is 4. The molecule has 37 heavy (non-hydrogen) atoms. The Bertz CT molecular complexity index is 1620. The molecule has 0 saturated heterocycles. The number of esters is 1. The average Bonchev–Trinajstić information content (AvgIpc) is 2.93. The van der Waals surface area contributed by atoms with E-state index in [0.717, 1.165) is 33.4 Å². The average molecular weight is 486 g/mol. The van der Waals surface area contributed by atoms with Crippen LogP contribution in [0.25, 0.3) is 33.3 Å². The van der Waals surface area contributed by atoms with E-state index in [1.165, 1.54) is 0 Å². The minimum Gasteiger partial charge on any atom is -0.454 e. The first-order valence-corrected chi connectivity index (χ1v) is 12.2. The van der Waals surface area contributed by atoms with E-state index < -0.39 is 5.97 Å². The van der Waals surface area contributed by atoms with Crippen LogP contribution in [0.3, 0.4) is 0 Å². The van der Waals surface area contributed by atoms with Crippen LogP contribution in [0, 0.1) is 20.8 Å². The van der Waals surface area contributed by atoms with Crippen molar-refractivity contribution < 1.29 is 14.3 Å². The van der Waals surface area contributed by atoms with E-state index in [4.69, 9.17) is 9.72 Å². The summed E-state index contributed by atoms with van der Waals surface area (Å²) in [5.74, 6) is -0.764. The van der Waals surface area contributed by atoms with Gasteiger partial charge in [0.2, 0.25) is 5.78 Å². The largest absolute Gasteiger partial charge is 0.454 e. The monoisotopic (exact) mass is 485 g/mol. The number of pyridine rings is 1. The molecule has 0 fully saturated rings. The zero-order valence-corrected chi connectivity index (χ0v) is 21.1. The van der Waals surface area contributed by atoms with Crippen molar-refractivity contribution in [3.8, 4) is 22.4 Å². The van der Waals surface area contributed by atoms with E-state index in [9.17, 15) is 9.59 Å². The van der Waals surface area contributed by atoms with Crippen LogP contribution in [0.1, 0.15) is 37.4 Å². The third-order valence-corrected chi connectivity index (χ3v) is 6.50. The molecule has 4 heteroatoms. The van der Waals surface area contributed by atoms with Crippen molar-refractivity contribution in [2.75, 3.05) is 6.61 Å². The smallest absolute Gasteiger partial charge is 0.339 e. The lowest BCUT2D eigenvalue weighted by atomic mass is 10.00. The van der Waals surface area contributed by atoms with Crippen LogP contribution in [0.5, 0.6) is 0 Å². The van der Waals surface area contributed by atoms with Crippen LogP contribution in [0.2, 0.25) is 0 Å². The summed E-state index contributed by atoms with van der Waals surface area (Å²) in [5, 5.41) is 0.703. The number of Topliss-reactive ketones (excluding diaryl/α,β-unsaturated/α-hetero) is 1. The van der Waals surface area contributed by atoms with Gasteiger partial charge in [-0.25, -0.2) is 9.78 Å². The van der Waals surface area contributed by atoms with Crippen LogP contribution < -0.4 is 0 Å². The molecule has 0 aliphatic rings. The maximum absolute atomic E-state index is 13.3.